The maximum Gasteiger partial charge on any atom is 0.568 e. The van der Waals surface area contributed by atoms with Gasteiger partial charge in [0.15, 0.2) is 0 Å². The summed E-state index contributed by atoms with van der Waals surface area (Å²) in [7, 11) is -2.82. The van der Waals surface area contributed by atoms with Gasteiger partial charge in [0.25, 0.3) is 0 Å². The molecular formula is C11H22O4Si. The van der Waals surface area contributed by atoms with Crippen LogP contribution >= 0.6 is 0 Å². The summed E-state index contributed by atoms with van der Waals surface area (Å²) in [4.78, 5) is 11.3. The molecule has 4 nitrogen and oxygen atoms in total. The summed E-state index contributed by atoms with van der Waals surface area (Å²) in [5, 5.41) is 0. The van der Waals surface area contributed by atoms with Crippen LogP contribution in [0.5, 0.6) is 0 Å². The Hall–Kier alpha value is -0.653. The van der Waals surface area contributed by atoms with E-state index in [0.29, 0.717) is 19.3 Å². The van der Waals surface area contributed by atoms with Crippen molar-refractivity contribution in [1.29, 1.82) is 0 Å². The summed E-state index contributed by atoms with van der Waals surface area (Å²) in [5.74, 6) is -0.468. The first kappa shape index (κ1) is 15.3. The van der Waals surface area contributed by atoms with Gasteiger partial charge in [0, 0.05) is 25.3 Å². The predicted molar refractivity (Wildman–Crippen MR) is 65.0 cm³/mol. The van der Waals surface area contributed by atoms with Crippen LogP contribution in [0, 0.1) is 0 Å². The molecule has 0 aliphatic heterocycles. The zero-order chi connectivity index (χ0) is 12.4. The van der Waals surface area contributed by atoms with Crippen molar-refractivity contribution in [2.75, 3.05) is 13.2 Å². The van der Waals surface area contributed by atoms with Gasteiger partial charge in [-0.1, -0.05) is 19.9 Å². The van der Waals surface area contributed by atoms with Gasteiger partial charge in [-0.05, 0) is 20.3 Å². The number of hydrogen-bond donors (Lipinski definition) is 0. The van der Waals surface area contributed by atoms with Crippen LogP contribution in [-0.2, 0) is 18.1 Å². The quantitative estimate of drug-likeness (QED) is 0.463. The van der Waals surface area contributed by atoms with Gasteiger partial charge in [0.05, 0.1) is 0 Å². The van der Waals surface area contributed by atoms with Gasteiger partial charge in [-0.2, -0.15) is 0 Å². The average Bonchev–Trinajstić information content (AvgIpc) is 2.27. The molecule has 5 heteroatoms. The van der Waals surface area contributed by atoms with Gasteiger partial charge in [-0.25, -0.2) is 4.79 Å². The van der Waals surface area contributed by atoms with Gasteiger partial charge < -0.3 is 13.3 Å². The van der Waals surface area contributed by atoms with E-state index < -0.39 is 14.8 Å². The Kier molecular flexibility index (Phi) is 8.15. The molecule has 0 amide bonds. The second-order valence-corrected chi connectivity index (χ2v) is 5.93. The fourth-order valence-corrected chi connectivity index (χ4v) is 3.97. The molecule has 0 N–H and O–H groups in total. The molecule has 0 bridgehead atoms. The van der Waals surface area contributed by atoms with Crippen LogP contribution in [0.15, 0.2) is 12.7 Å². The number of unbranched alkanes of at least 4 members (excludes halogenated alkanes) is 1. The molecule has 0 aromatic rings. The van der Waals surface area contributed by atoms with Crippen LogP contribution in [0.3, 0.4) is 0 Å². The minimum atomic E-state index is -2.82. The summed E-state index contributed by atoms with van der Waals surface area (Å²) in [5.41, 5.74) is 0. The summed E-state index contributed by atoms with van der Waals surface area (Å²) >= 11 is 0. The summed E-state index contributed by atoms with van der Waals surface area (Å²) in [6, 6.07) is 0.671. The van der Waals surface area contributed by atoms with Crippen molar-refractivity contribution >= 4 is 14.8 Å². The molecule has 0 unspecified atom stereocenters. The Morgan fingerprint density at radius 2 is 1.81 bits per heavy atom. The molecule has 0 heterocycles. The molecule has 0 saturated carbocycles. The molecular weight excluding hydrogens is 224 g/mol. The number of carbonyl (C=O) groups is 1. The van der Waals surface area contributed by atoms with E-state index in [2.05, 4.69) is 13.5 Å². The van der Waals surface area contributed by atoms with Gasteiger partial charge in [-0.3, -0.25) is 0 Å². The van der Waals surface area contributed by atoms with Crippen LogP contribution in [0.2, 0.25) is 6.04 Å². The standard InChI is InChI=1S/C11H22O4Si/c1-5-9-10-16(13-7-3,14-8-4)15-11(12)6-2/h6H,2,5,7-10H2,1,3-4H3. The predicted octanol–water partition coefficient (Wildman–Crippen LogP) is 2.53. The molecule has 0 fully saturated rings. The van der Waals surface area contributed by atoms with Crippen LogP contribution in [0.1, 0.15) is 33.6 Å². The van der Waals surface area contributed by atoms with E-state index in [9.17, 15) is 4.79 Å². The first-order valence-corrected chi connectivity index (χ1v) is 7.70. The van der Waals surface area contributed by atoms with E-state index in [-0.39, 0.29) is 0 Å². The van der Waals surface area contributed by atoms with Gasteiger partial charge in [0.1, 0.15) is 0 Å². The first-order chi connectivity index (χ1) is 7.64. The third kappa shape index (κ3) is 5.44. The van der Waals surface area contributed by atoms with Crippen molar-refractivity contribution in [2.24, 2.45) is 0 Å². The number of rotatable bonds is 9. The van der Waals surface area contributed by atoms with E-state index in [0.717, 1.165) is 18.9 Å². The van der Waals surface area contributed by atoms with E-state index >= 15 is 0 Å². The third-order valence-corrected chi connectivity index (χ3v) is 4.92. The van der Waals surface area contributed by atoms with Gasteiger partial charge in [-0.15, -0.1) is 0 Å². The second kappa shape index (κ2) is 8.49. The average molecular weight is 246 g/mol. The fourth-order valence-electron chi connectivity index (χ4n) is 1.32. The van der Waals surface area contributed by atoms with Crippen LogP contribution in [0.25, 0.3) is 0 Å². The zero-order valence-corrected chi connectivity index (χ0v) is 11.5. The molecule has 0 spiro atoms. The lowest BCUT2D eigenvalue weighted by Crippen LogP contribution is -2.47. The normalized spacial score (nSPS) is 11.2. The van der Waals surface area contributed by atoms with E-state index in [1.807, 2.05) is 13.8 Å². The lowest BCUT2D eigenvalue weighted by atomic mass is 10.4. The SMILES string of the molecule is C=CC(=O)O[Si](CCCC)(OCC)OCC. The Balaban J connectivity index is 4.61. The maximum absolute atomic E-state index is 11.3. The number of hydrogen-bond acceptors (Lipinski definition) is 4. The van der Waals surface area contributed by atoms with E-state index in [1.54, 1.807) is 0 Å². The molecule has 0 rings (SSSR count). The van der Waals surface area contributed by atoms with Gasteiger partial charge in [0.2, 0.25) is 0 Å². The van der Waals surface area contributed by atoms with E-state index in [1.165, 1.54) is 0 Å². The van der Waals surface area contributed by atoms with Crippen molar-refractivity contribution in [3.63, 3.8) is 0 Å². The van der Waals surface area contributed by atoms with Crippen molar-refractivity contribution in [2.45, 2.75) is 39.7 Å². The molecule has 94 valence electrons. The lowest BCUT2D eigenvalue weighted by Gasteiger charge is -2.27. The highest BCUT2D eigenvalue weighted by Gasteiger charge is 2.43. The van der Waals surface area contributed by atoms with Crippen molar-refractivity contribution in [3.05, 3.63) is 12.7 Å². The van der Waals surface area contributed by atoms with Crippen LogP contribution < -0.4 is 0 Å². The second-order valence-electron chi connectivity index (χ2n) is 3.28. The lowest BCUT2D eigenvalue weighted by molar-refractivity contribution is -0.133. The topological polar surface area (TPSA) is 44.8 Å². The highest BCUT2D eigenvalue weighted by Crippen LogP contribution is 2.19. The molecule has 0 aromatic carbocycles. The van der Waals surface area contributed by atoms with Gasteiger partial charge >= 0.3 is 14.8 Å². The maximum atomic E-state index is 11.3. The Labute approximate surface area is 99.0 Å². The highest BCUT2D eigenvalue weighted by atomic mass is 28.4. The fraction of sp³-hybridized carbons (Fsp3) is 0.727. The van der Waals surface area contributed by atoms with E-state index in [4.69, 9.17) is 13.3 Å². The highest BCUT2D eigenvalue weighted by molar-refractivity contribution is 6.62. The monoisotopic (exact) mass is 246 g/mol. The zero-order valence-electron chi connectivity index (χ0n) is 10.5. The molecule has 16 heavy (non-hydrogen) atoms. The largest absolute Gasteiger partial charge is 0.568 e. The smallest absolute Gasteiger partial charge is 0.470 e. The minimum absolute atomic E-state index is 0.468. The molecule has 0 saturated heterocycles. The molecule has 0 radical (unpaired) electrons. The Morgan fingerprint density at radius 1 is 1.25 bits per heavy atom. The molecule has 0 atom stereocenters. The van der Waals surface area contributed by atoms with Crippen molar-refractivity contribution in [1.82, 2.24) is 0 Å². The Bertz CT molecular complexity index is 212. The van der Waals surface area contributed by atoms with Crippen LogP contribution in [-0.4, -0.2) is 28.0 Å². The number of carbonyl (C=O) groups excluding carboxylic acids is 1. The van der Waals surface area contributed by atoms with Crippen molar-refractivity contribution in [3.8, 4) is 0 Å². The van der Waals surface area contributed by atoms with Crippen LogP contribution in [0.4, 0.5) is 0 Å². The summed E-state index contributed by atoms with van der Waals surface area (Å²) in [6.07, 6.45) is 3.09. The Morgan fingerprint density at radius 3 is 2.19 bits per heavy atom. The molecule has 0 aliphatic carbocycles. The van der Waals surface area contributed by atoms with Crippen molar-refractivity contribution < 1.29 is 18.1 Å². The summed E-state index contributed by atoms with van der Waals surface area (Å²) in [6.45, 7) is 10.2. The first-order valence-electron chi connectivity index (χ1n) is 5.77. The molecule has 0 aromatic heterocycles. The third-order valence-electron chi connectivity index (χ3n) is 1.99. The summed E-state index contributed by atoms with van der Waals surface area (Å²) < 4.78 is 16.4. The molecule has 0 aliphatic rings. The minimum Gasteiger partial charge on any atom is -0.470 e.